The van der Waals surface area contributed by atoms with Crippen molar-refractivity contribution in [1.29, 1.82) is 0 Å². The smallest absolute Gasteiger partial charge is 0.224 e. The fraction of sp³-hybridized carbons (Fsp3) is 0.719. The summed E-state index contributed by atoms with van der Waals surface area (Å²) in [7, 11) is 0. The molecule has 2 aromatic rings. The van der Waals surface area contributed by atoms with E-state index in [1.54, 1.807) is 0 Å². The molecule has 3 heteroatoms. The summed E-state index contributed by atoms with van der Waals surface area (Å²) in [6.07, 6.45) is 25.5. The zero-order valence-electron chi connectivity index (χ0n) is 23.2. The van der Waals surface area contributed by atoms with E-state index < -0.39 is 0 Å². The second-order valence-corrected chi connectivity index (χ2v) is 11.1. The summed E-state index contributed by atoms with van der Waals surface area (Å²) in [4.78, 5) is 15.8. The molecule has 0 atom stereocenters. The van der Waals surface area contributed by atoms with Gasteiger partial charge in [0.2, 0.25) is 5.91 Å². The number of carbonyl (C=O) groups is 1. The van der Waals surface area contributed by atoms with E-state index in [4.69, 9.17) is 0 Å². The van der Waals surface area contributed by atoms with Crippen LogP contribution in [0.1, 0.15) is 135 Å². The van der Waals surface area contributed by atoms with Crippen LogP contribution >= 0.6 is 0 Å². The molecule has 0 spiro atoms. The maximum Gasteiger partial charge on any atom is 0.224 e. The van der Waals surface area contributed by atoms with Crippen LogP contribution in [0.2, 0.25) is 0 Å². The molecule has 1 aromatic carbocycles. The third-order valence-electron chi connectivity index (χ3n) is 7.18. The van der Waals surface area contributed by atoms with Gasteiger partial charge in [0, 0.05) is 23.6 Å². The lowest BCUT2D eigenvalue weighted by Gasteiger charge is -2.07. The zero-order chi connectivity index (χ0) is 25.1. The average Bonchev–Trinajstić information content (AvgIpc) is 3.22. The van der Waals surface area contributed by atoms with Crippen molar-refractivity contribution in [3.8, 4) is 0 Å². The number of rotatable bonds is 21. The molecule has 0 saturated heterocycles. The monoisotopic (exact) mass is 482 g/mol. The van der Waals surface area contributed by atoms with Crippen LogP contribution in [0.25, 0.3) is 10.9 Å². The van der Waals surface area contributed by atoms with E-state index in [0.29, 0.717) is 12.3 Å². The van der Waals surface area contributed by atoms with Gasteiger partial charge in [0.05, 0.1) is 6.42 Å². The molecule has 1 amide bonds. The lowest BCUT2D eigenvalue weighted by atomic mass is 10.00. The third-order valence-corrected chi connectivity index (χ3v) is 7.18. The molecular weight excluding hydrogens is 428 g/mol. The Morgan fingerprint density at radius 1 is 0.800 bits per heavy atom. The average molecular weight is 483 g/mol. The Kier molecular flexibility index (Phi) is 15.6. The number of benzene rings is 1. The van der Waals surface area contributed by atoms with E-state index in [9.17, 15) is 4.79 Å². The maximum atomic E-state index is 12.5. The normalized spacial score (nSPS) is 11.5. The number of unbranched alkanes of at least 4 members (excludes halogenated alkanes) is 15. The molecule has 35 heavy (non-hydrogen) atoms. The lowest BCUT2D eigenvalue weighted by Crippen LogP contribution is -2.26. The first-order valence-electron chi connectivity index (χ1n) is 15.0. The van der Waals surface area contributed by atoms with Gasteiger partial charge in [-0.05, 0) is 42.0 Å². The predicted molar refractivity (Wildman–Crippen MR) is 153 cm³/mol. The Morgan fingerprint density at radius 2 is 1.34 bits per heavy atom. The summed E-state index contributed by atoms with van der Waals surface area (Å²) in [5, 5.41) is 4.32. The number of aromatic amines is 1. The van der Waals surface area contributed by atoms with Crippen LogP contribution in [0.4, 0.5) is 0 Å². The number of aromatic nitrogens is 1. The van der Waals surface area contributed by atoms with Crippen LogP contribution in [0.15, 0.2) is 24.4 Å². The standard InChI is InChI=1S/C32H54N2O/c1-4-5-6-7-8-9-10-11-12-13-14-15-16-17-18-19-22-33-32(35)25-29-26-34-31-21-20-28(23-27(2)3)24-30(29)31/h20-21,24,26-27,34H,4-19,22-23,25H2,1-3H3,(H,33,35). The number of hydrogen-bond donors (Lipinski definition) is 2. The van der Waals surface area contributed by atoms with Crippen molar-refractivity contribution < 1.29 is 4.79 Å². The van der Waals surface area contributed by atoms with Crippen LogP contribution in [0, 0.1) is 5.92 Å². The maximum absolute atomic E-state index is 12.5. The number of fused-ring (bicyclic) bond motifs is 1. The fourth-order valence-electron chi connectivity index (χ4n) is 5.11. The fourth-order valence-corrected chi connectivity index (χ4v) is 5.11. The molecule has 2 rings (SSSR count). The van der Waals surface area contributed by atoms with Gasteiger partial charge in [-0.1, -0.05) is 123 Å². The Labute approximate surface area is 216 Å². The van der Waals surface area contributed by atoms with Crippen LogP contribution < -0.4 is 5.32 Å². The van der Waals surface area contributed by atoms with Gasteiger partial charge in [0.25, 0.3) is 0 Å². The van der Waals surface area contributed by atoms with Gasteiger partial charge in [-0.2, -0.15) is 0 Å². The molecule has 2 N–H and O–H groups in total. The van der Waals surface area contributed by atoms with E-state index in [1.165, 1.54) is 107 Å². The minimum atomic E-state index is 0.140. The summed E-state index contributed by atoms with van der Waals surface area (Å²) in [6.45, 7) is 7.58. The van der Waals surface area contributed by atoms with Crippen molar-refractivity contribution >= 4 is 16.8 Å². The second-order valence-electron chi connectivity index (χ2n) is 11.1. The highest BCUT2D eigenvalue weighted by molar-refractivity contribution is 5.89. The predicted octanol–water partition coefficient (Wildman–Crippen LogP) is 9.29. The van der Waals surface area contributed by atoms with E-state index in [2.05, 4.69) is 49.3 Å². The molecule has 1 aromatic heterocycles. The van der Waals surface area contributed by atoms with Gasteiger partial charge >= 0.3 is 0 Å². The van der Waals surface area contributed by atoms with Gasteiger partial charge < -0.3 is 10.3 Å². The molecule has 0 aliphatic carbocycles. The molecular formula is C32H54N2O. The van der Waals surface area contributed by atoms with Crippen LogP contribution in [0.3, 0.4) is 0 Å². The summed E-state index contributed by atoms with van der Waals surface area (Å²) in [6, 6.07) is 6.59. The third kappa shape index (κ3) is 13.2. The molecule has 3 nitrogen and oxygen atoms in total. The number of nitrogens with one attached hydrogen (secondary N) is 2. The summed E-state index contributed by atoms with van der Waals surface area (Å²) in [5.74, 6) is 0.777. The molecule has 198 valence electrons. The molecule has 0 unspecified atom stereocenters. The first-order valence-corrected chi connectivity index (χ1v) is 15.0. The van der Waals surface area contributed by atoms with Gasteiger partial charge in [-0.3, -0.25) is 4.79 Å². The molecule has 0 aliphatic heterocycles. The van der Waals surface area contributed by atoms with E-state index in [0.717, 1.165) is 30.5 Å². The highest BCUT2D eigenvalue weighted by atomic mass is 16.1. The molecule has 0 saturated carbocycles. The molecule has 0 fully saturated rings. The van der Waals surface area contributed by atoms with Crippen molar-refractivity contribution in [3.63, 3.8) is 0 Å². The van der Waals surface area contributed by atoms with Crippen LogP contribution in [-0.2, 0) is 17.6 Å². The Hall–Kier alpha value is -1.77. The van der Waals surface area contributed by atoms with E-state index in [-0.39, 0.29) is 5.91 Å². The van der Waals surface area contributed by atoms with E-state index in [1.807, 2.05) is 6.20 Å². The Balaban J connectivity index is 1.43. The second kappa shape index (κ2) is 18.5. The van der Waals surface area contributed by atoms with Gasteiger partial charge in [-0.15, -0.1) is 0 Å². The summed E-state index contributed by atoms with van der Waals surface area (Å²) in [5.41, 5.74) is 3.58. The van der Waals surface area contributed by atoms with Gasteiger partial charge in [0.15, 0.2) is 0 Å². The van der Waals surface area contributed by atoms with Crippen molar-refractivity contribution in [3.05, 3.63) is 35.5 Å². The Morgan fingerprint density at radius 3 is 1.89 bits per heavy atom. The first kappa shape index (κ1) is 29.5. The summed E-state index contributed by atoms with van der Waals surface area (Å²) < 4.78 is 0. The zero-order valence-corrected chi connectivity index (χ0v) is 23.2. The highest BCUT2D eigenvalue weighted by Crippen LogP contribution is 2.22. The SMILES string of the molecule is CCCCCCCCCCCCCCCCCCNC(=O)Cc1c[nH]c2ccc(CC(C)C)cc12. The first-order chi connectivity index (χ1) is 17.1. The van der Waals surface area contributed by atoms with Crippen molar-refractivity contribution in [2.24, 2.45) is 5.92 Å². The number of carbonyl (C=O) groups excluding carboxylic acids is 1. The summed E-state index contributed by atoms with van der Waals surface area (Å²) >= 11 is 0. The molecule has 0 radical (unpaired) electrons. The van der Waals surface area contributed by atoms with Crippen LogP contribution in [-0.4, -0.2) is 17.4 Å². The van der Waals surface area contributed by atoms with E-state index >= 15 is 0 Å². The number of H-pyrrole nitrogens is 1. The van der Waals surface area contributed by atoms with Gasteiger partial charge in [0.1, 0.15) is 0 Å². The molecule has 0 bridgehead atoms. The minimum absolute atomic E-state index is 0.140. The number of hydrogen-bond acceptors (Lipinski definition) is 1. The van der Waals surface area contributed by atoms with Crippen LogP contribution in [0.5, 0.6) is 0 Å². The quantitative estimate of drug-likeness (QED) is 0.171. The topological polar surface area (TPSA) is 44.9 Å². The largest absolute Gasteiger partial charge is 0.361 e. The van der Waals surface area contributed by atoms with Crippen molar-refractivity contribution in [2.75, 3.05) is 6.54 Å². The highest BCUT2D eigenvalue weighted by Gasteiger charge is 2.10. The Bertz CT molecular complexity index is 807. The number of amides is 1. The molecule has 1 heterocycles. The minimum Gasteiger partial charge on any atom is -0.361 e. The molecule has 0 aliphatic rings. The van der Waals surface area contributed by atoms with Crippen molar-refractivity contribution in [2.45, 2.75) is 136 Å². The van der Waals surface area contributed by atoms with Gasteiger partial charge in [-0.25, -0.2) is 0 Å². The van der Waals surface area contributed by atoms with Crippen molar-refractivity contribution in [1.82, 2.24) is 10.3 Å². The lowest BCUT2D eigenvalue weighted by molar-refractivity contribution is -0.120.